The van der Waals surface area contributed by atoms with E-state index >= 15 is 0 Å². The lowest BCUT2D eigenvalue weighted by atomic mass is 10.1. The highest BCUT2D eigenvalue weighted by Crippen LogP contribution is 2.19. The largest absolute Gasteiger partial charge is 0.378 e. The summed E-state index contributed by atoms with van der Waals surface area (Å²) in [5.74, 6) is 2.49. The molecule has 2 aliphatic rings. The van der Waals surface area contributed by atoms with Crippen LogP contribution in [0.25, 0.3) is 0 Å². The van der Waals surface area contributed by atoms with Gasteiger partial charge in [0.25, 0.3) is 0 Å². The van der Waals surface area contributed by atoms with Crippen molar-refractivity contribution in [1.82, 2.24) is 9.21 Å². The first kappa shape index (κ1) is 21.9. The number of nitrogens with one attached hydrogen (secondary N) is 1. The van der Waals surface area contributed by atoms with Crippen molar-refractivity contribution in [3.05, 3.63) is 30.3 Å². The molecule has 0 atom stereocenters. The normalized spacial score (nSPS) is 19.9. The Balaban J connectivity index is 1.25. The number of para-hydroxylation sites is 1. The van der Waals surface area contributed by atoms with E-state index in [0.29, 0.717) is 18.8 Å². The molecule has 2 aliphatic heterocycles. The Bertz CT molecular complexity index is 659. The van der Waals surface area contributed by atoms with Gasteiger partial charge in [-0.2, -0.15) is 12.7 Å². The fourth-order valence-corrected chi connectivity index (χ4v) is 5.92. The van der Waals surface area contributed by atoms with E-state index in [4.69, 9.17) is 4.74 Å². The van der Waals surface area contributed by atoms with Gasteiger partial charge in [-0.3, -0.25) is 9.62 Å². The molecular formula is C20H33N3O3S2. The second-order valence-corrected chi connectivity index (χ2v) is 10.3. The second-order valence-electron chi connectivity index (χ2n) is 7.51. The molecule has 2 saturated heterocycles. The lowest BCUT2D eigenvalue weighted by molar-refractivity contribution is 0.0193. The first-order valence-electron chi connectivity index (χ1n) is 10.4. The molecule has 0 saturated carbocycles. The summed E-state index contributed by atoms with van der Waals surface area (Å²) in [5, 5.41) is 0. The monoisotopic (exact) mass is 427 g/mol. The number of rotatable bonds is 11. The van der Waals surface area contributed by atoms with Gasteiger partial charge in [-0.25, -0.2) is 0 Å². The fourth-order valence-electron chi connectivity index (χ4n) is 3.63. The van der Waals surface area contributed by atoms with Crippen LogP contribution in [-0.2, 0) is 14.9 Å². The first-order valence-corrected chi connectivity index (χ1v) is 13.0. The second kappa shape index (κ2) is 11.4. The van der Waals surface area contributed by atoms with Crippen molar-refractivity contribution in [3.8, 4) is 0 Å². The quantitative estimate of drug-likeness (QED) is 0.549. The number of nitrogens with zero attached hydrogens (tertiary/aromatic N) is 2. The average Bonchev–Trinajstić information content (AvgIpc) is 3.21. The molecule has 1 aromatic carbocycles. The van der Waals surface area contributed by atoms with Crippen LogP contribution in [0.5, 0.6) is 0 Å². The van der Waals surface area contributed by atoms with Crippen LogP contribution < -0.4 is 4.72 Å². The standard InChI is InChI=1S/C20H33N3O3S2/c24-28(25,21-19-8-4-3-5-9-19)23-13-10-20(11-14-23)26-16-7-2-1-6-12-22-15-17-27-18-22/h3-5,8-9,20-21H,1-2,6-7,10-18H2. The number of ether oxygens (including phenoxy) is 1. The van der Waals surface area contributed by atoms with Gasteiger partial charge in [-0.05, 0) is 44.4 Å². The van der Waals surface area contributed by atoms with Crippen LogP contribution in [0.4, 0.5) is 5.69 Å². The molecule has 0 spiro atoms. The third kappa shape index (κ3) is 7.22. The topological polar surface area (TPSA) is 61.9 Å². The third-order valence-corrected chi connectivity index (χ3v) is 7.87. The maximum absolute atomic E-state index is 12.5. The lowest BCUT2D eigenvalue weighted by Gasteiger charge is -2.31. The predicted octanol–water partition coefficient (Wildman–Crippen LogP) is 3.39. The summed E-state index contributed by atoms with van der Waals surface area (Å²) in [5.41, 5.74) is 0.601. The Hall–Kier alpha value is -0.800. The van der Waals surface area contributed by atoms with Gasteiger partial charge in [-0.15, -0.1) is 11.8 Å². The highest BCUT2D eigenvalue weighted by atomic mass is 32.2. The predicted molar refractivity (Wildman–Crippen MR) is 117 cm³/mol. The maximum Gasteiger partial charge on any atom is 0.301 e. The van der Waals surface area contributed by atoms with Crippen molar-refractivity contribution < 1.29 is 13.2 Å². The van der Waals surface area contributed by atoms with E-state index in [9.17, 15) is 8.42 Å². The Kier molecular flexibility index (Phi) is 8.92. The summed E-state index contributed by atoms with van der Waals surface area (Å²) < 4.78 is 35.1. The van der Waals surface area contributed by atoms with Gasteiger partial charge in [0.05, 0.1) is 6.10 Å². The third-order valence-electron chi connectivity index (χ3n) is 5.31. The molecule has 28 heavy (non-hydrogen) atoms. The zero-order valence-corrected chi connectivity index (χ0v) is 18.2. The Morgan fingerprint density at radius 3 is 2.50 bits per heavy atom. The molecule has 1 aromatic rings. The van der Waals surface area contributed by atoms with E-state index in [1.807, 2.05) is 30.0 Å². The molecule has 6 nitrogen and oxygen atoms in total. The van der Waals surface area contributed by atoms with Crippen molar-refractivity contribution in [2.75, 3.05) is 49.1 Å². The van der Waals surface area contributed by atoms with Gasteiger partial charge < -0.3 is 4.74 Å². The van der Waals surface area contributed by atoms with Gasteiger partial charge in [0, 0.05) is 43.6 Å². The molecule has 0 aromatic heterocycles. The van der Waals surface area contributed by atoms with E-state index in [2.05, 4.69) is 9.62 Å². The summed E-state index contributed by atoms with van der Waals surface area (Å²) in [7, 11) is -3.48. The molecule has 3 rings (SSSR count). The highest BCUT2D eigenvalue weighted by molar-refractivity contribution is 7.99. The minimum Gasteiger partial charge on any atom is -0.378 e. The van der Waals surface area contributed by atoms with E-state index in [1.54, 1.807) is 12.1 Å². The number of hydrogen-bond acceptors (Lipinski definition) is 5. The van der Waals surface area contributed by atoms with E-state index in [1.165, 1.54) is 48.3 Å². The molecule has 0 radical (unpaired) electrons. The molecule has 2 fully saturated rings. The Labute approximate surface area is 174 Å². The van der Waals surface area contributed by atoms with Crippen molar-refractivity contribution in [1.29, 1.82) is 0 Å². The van der Waals surface area contributed by atoms with Crippen molar-refractivity contribution in [2.45, 2.75) is 44.6 Å². The fraction of sp³-hybridized carbons (Fsp3) is 0.700. The number of benzene rings is 1. The van der Waals surface area contributed by atoms with Crippen LogP contribution >= 0.6 is 11.8 Å². The molecule has 158 valence electrons. The zero-order chi connectivity index (χ0) is 19.7. The van der Waals surface area contributed by atoms with Gasteiger partial charge in [0.1, 0.15) is 0 Å². The first-order chi connectivity index (χ1) is 13.6. The van der Waals surface area contributed by atoms with E-state index in [-0.39, 0.29) is 6.10 Å². The smallest absolute Gasteiger partial charge is 0.301 e. The van der Waals surface area contributed by atoms with Gasteiger partial charge in [0.15, 0.2) is 0 Å². The van der Waals surface area contributed by atoms with Crippen molar-refractivity contribution in [2.24, 2.45) is 0 Å². The molecule has 2 heterocycles. The zero-order valence-electron chi connectivity index (χ0n) is 16.6. The van der Waals surface area contributed by atoms with Gasteiger partial charge in [-0.1, -0.05) is 31.0 Å². The minimum absolute atomic E-state index is 0.185. The van der Waals surface area contributed by atoms with Crippen LogP contribution in [0.15, 0.2) is 30.3 Å². The number of unbranched alkanes of at least 4 members (excludes halogenated alkanes) is 3. The Morgan fingerprint density at radius 1 is 1.04 bits per heavy atom. The average molecular weight is 428 g/mol. The minimum atomic E-state index is -3.48. The number of hydrogen-bond donors (Lipinski definition) is 1. The number of piperidine rings is 1. The molecule has 0 bridgehead atoms. The van der Waals surface area contributed by atoms with Crippen LogP contribution in [0, 0.1) is 0 Å². The molecule has 1 N–H and O–H groups in total. The van der Waals surface area contributed by atoms with E-state index in [0.717, 1.165) is 25.9 Å². The van der Waals surface area contributed by atoms with Crippen LogP contribution in [0.3, 0.4) is 0 Å². The van der Waals surface area contributed by atoms with Crippen molar-refractivity contribution in [3.63, 3.8) is 0 Å². The summed E-state index contributed by atoms with van der Waals surface area (Å²) in [6.07, 6.45) is 6.59. The van der Waals surface area contributed by atoms with E-state index < -0.39 is 10.2 Å². The van der Waals surface area contributed by atoms with Crippen LogP contribution in [-0.4, -0.2) is 68.1 Å². The van der Waals surface area contributed by atoms with Crippen molar-refractivity contribution >= 4 is 27.7 Å². The highest BCUT2D eigenvalue weighted by Gasteiger charge is 2.28. The number of anilines is 1. The Morgan fingerprint density at radius 2 is 1.79 bits per heavy atom. The van der Waals surface area contributed by atoms with Gasteiger partial charge in [0.2, 0.25) is 0 Å². The molecule has 8 heteroatoms. The molecular weight excluding hydrogens is 394 g/mol. The van der Waals surface area contributed by atoms with Crippen LogP contribution in [0.1, 0.15) is 38.5 Å². The molecule has 0 aliphatic carbocycles. The SMILES string of the molecule is O=S(=O)(Nc1ccccc1)N1CCC(OCCCCCCN2CCSC2)CC1. The maximum atomic E-state index is 12.5. The number of thioether (sulfide) groups is 1. The summed E-state index contributed by atoms with van der Waals surface area (Å²) in [6.45, 7) is 4.31. The van der Waals surface area contributed by atoms with Gasteiger partial charge >= 0.3 is 10.2 Å². The summed E-state index contributed by atoms with van der Waals surface area (Å²) in [6, 6.07) is 9.04. The van der Waals surface area contributed by atoms with Crippen LogP contribution in [0.2, 0.25) is 0 Å². The summed E-state index contributed by atoms with van der Waals surface area (Å²) >= 11 is 2.03. The summed E-state index contributed by atoms with van der Waals surface area (Å²) in [4.78, 5) is 2.54. The molecule has 0 amide bonds. The lowest BCUT2D eigenvalue weighted by Crippen LogP contribution is -2.43. The molecule has 0 unspecified atom stereocenters.